The van der Waals surface area contributed by atoms with Crippen molar-refractivity contribution in [3.05, 3.63) is 16.7 Å². The van der Waals surface area contributed by atoms with Gasteiger partial charge in [-0.15, -0.1) is 0 Å². The zero-order valence-corrected chi connectivity index (χ0v) is 17.6. The molecule has 0 radical (unpaired) electrons. The largest absolute Gasteiger partial charge is 0.456 e. The van der Waals surface area contributed by atoms with Gasteiger partial charge in [0.05, 0.1) is 12.9 Å². The van der Waals surface area contributed by atoms with Crippen LogP contribution in [0.25, 0.3) is 11.2 Å². The number of aromatic nitrogens is 4. The van der Waals surface area contributed by atoms with Gasteiger partial charge >= 0.3 is 17.9 Å². The Morgan fingerprint density at radius 3 is 2.28 bits per heavy atom. The highest BCUT2D eigenvalue weighted by molar-refractivity contribution is 5.87. The maximum Gasteiger partial charge on any atom is 0.303 e. The van der Waals surface area contributed by atoms with Gasteiger partial charge in [0.1, 0.15) is 0 Å². The number of nitrogens with zero attached hydrogens (tertiary/aromatic N) is 3. The Morgan fingerprint density at radius 2 is 1.69 bits per heavy atom. The van der Waals surface area contributed by atoms with E-state index in [1.807, 2.05) is 0 Å². The fourth-order valence-electron chi connectivity index (χ4n) is 3.30. The number of imidazole rings is 1. The van der Waals surface area contributed by atoms with E-state index in [-0.39, 0.29) is 23.7 Å². The smallest absolute Gasteiger partial charge is 0.303 e. The minimum absolute atomic E-state index is 0.00663. The van der Waals surface area contributed by atoms with Gasteiger partial charge in [0.25, 0.3) is 5.56 Å². The van der Waals surface area contributed by atoms with Crippen LogP contribution in [0.5, 0.6) is 0 Å². The molecule has 0 aromatic carbocycles. The van der Waals surface area contributed by atoms with Crippen LogP contribution in [0, 0.1) is 0 Å². The van der Waals surface area contributed by atoms with Crippen molar-refractivity contribution < 1.29 is 38.1 Å². The molecule has 0 bridgehead atoms. The Morgan fingerprint density at radius 1 is 1.06 bits per heavy atom. The SMILES string of the molecule is CC(=O)Nc1nc2c(ncn2C2OCC(OC(C)=O)C(OC(C)=O)C2OC(C)=O)c(=O)[nH]1. The highest BCUT2D eigenvalue weighted by atomic mass is 16.6. The molecular weight excluding hydrogens is 430 g/mol. The van der Waals surface area contributed by atoms with Crippen LogP contribution in [0.3, 0.4) is 0 Å². The van der Waals surface area contributed by atoms with Gasteiger partial charge in [0.15, 0.2) is 35.7 Å². The highest BCUT2D eigenvalue weighted by Gasteiger charge is 2.48. The second kappa shape index (κ2) is 9.13. The topological polar surface area (TPSA) is 181 Å². The zero-order chi connectivity index (χ0) is 23.6. The van der Waals surface area contributed by atoms with Gasteiger partial charge in [-0.3, -0.25) is 38.8 Å². The van der Waals surface area contributed by atoms with Crippen molar-refractivity contribution in [2.45, 2.75) is 52.2 Å². The molecular formula is C18H21N5O9. The summed E-state index contributed by atoms with van der Waals surface area (Å²) < 4.78 is 22.9. The van der Waals surface area contributed by atoms with Crippen LogP contribution in [0.4, 0.5) is 5.95 Å². The van der Waals surface area contributed by atoms with Crippen molar-refractivity contribution in [3.8, 4) is 0 Å². The van der Waals surface area contributed by atoms with Crippen LogP contribution < -0.4 is 10.9 Å². The molecule has 3 rings (SSSR count). The van der Waals surface area contributed by atoms with Gasteiger partial charge in [-0.05, 0) is 0 Å². The van der Waals surface area contributed by atoms with E-state index in [1.165, 1.54) is 24.7 Å². The summed E-state index contributed by atoms with van der Waals surface area (Å²) in [5.41, 5.74) is -0.700. The Kier molecular flexibility index (Phi) is 6.53. The van der Waals surface area contributed by atoms with E-state index in [0.29, 0.717) is 0 Å². The van der Waals surface area contributed by atoms with Crippen molar-refractivity contribution >= 4 is 40.9 Å². The number of hydrogen-bond donors (Lipinski definition) is 2. The first-order valence-electron chi connectivity index (χ1n) is 9.44. The van der Waals surface area contributed by atoms with Gasteiger partial charge in [0, 0.05) is 27.7 Å². The average Bonchev–Trinajstić information content (AvgIpc) is 3.07. The molecule has 14 nitrogen and oxygen atoms in total. The molecule has 1 aliphatic heterocycles. The highest BCUT2D eigenvalue weighted by Crippen LogP contribution is 2.32. The standard InChI is InChI=1S/C18H21N5O9/c1-7(24)20-18-21-15-12(16(28)22-18)19-6-23(15)17-14(32-10(4)27)13(31-9(3)26)11(5-29-17)30-8(2)25/h6,11,13-14,17H,5H2,1-4H3,(H2,20,21,22,24,28). The third-order valence-electron chi connectivity index (χ3n) is 4.32. The van der Waals surface area contributed by atoms with Crippen molar-refractivity contribution in [1.82, 2.24) is 19.5 Å². The first-order chi connectivity index (χ1) is 15.1. The quantitative estimate of drug-likeness (QED) is 0.437. The van der Waals surface area contributed by atoms with Crippen LogP contribution in [0.15, 0.2) is 11.1 Å². The summed E-state index contributed by atoms with van der Waals surface area (Å²) in [6.45, 7) is 4.47. The van der Waals surface area contributed by atoms with Crippen LogP contribution in [0.2, 0.25) is 0 Å². The summed E-state index contributed by atoms with van der Waals surface area (Å²) >= 11 is 0. The second-order valence-electron chi connectivity index (χ2n) is 6.94. The third-order valence-corrected chi connectivity index (χ3v) is 4.32. The molecule has 1 saturated heterocycles. The minimum atomic E-state index is -1.28. The molecule has 1 fully saturated rings. The number of H-pyrrole nitrogens is 1. The van der Waals surface area contributed by atoms with Crippen LogP contribution >= 0.6 is 0 Å². The third kappa shape index (κ3) is 4.91. The number of rotatable bonds is 5. The summed E-state index contributed by atoms with van der Waals surface area (Å²) in [6.07, 6.45) is -3.48. The average molecular weight is 451 g/mol. The fraction of sp³-hybridized carbons (Fsp3) is 0.500. The zero-order valence-electron chi connectivity index (χ0n) is 17.6. The second-order valence-corrected chi connectivity index (χ2v) is 6.94. The van der Waals surface area contributed by atoms with Crippen molar-refractivity contribution in [2.75, 3.05) is 11.9 Å². The van der Waals surface area contributed by atoms with E-state index in [0.717, 1.165) is 13.8 Å². The van der Waals surface area contributed by atoms with E-state index in [4.69, 9.17) is 18.9 Å². The Labute approximate surface area is 180 Å². The number of carbonyl (C=O) groups is 4. The lowest BCUT2D eigenvalue weighted by Gasteiger charge is -2.40. The Balaban J connectivity index is 2.09. The van der Waals surface area contributed by atoms with E-state index in [2.05, 4.69) is 20.3 Å². The van der Waals surface area contributed by atoms with Crippen molar-refractivity contribution in [2.24, 2.45) is 0 Å². The number of nitrogens with one attached hydrogen (secondary N) is 2. The molecule has 1 aliphatic rings. The predicted octanol–water partition coefficient (Wildman–Crippen LogP) is -0.598. The number of ether oxygens (including phenoxy) is 4. The molecule has 1 amide bonds. The maximum absolute atomic E-state index is 12.3. The number of carbonyl (C=O) groups excluding carboxylic acids is 4. The maximum atomic E-state index is 12.3. The molecule has 2 aromatic rings. The molecule has 4 atom stereocenters. The summed E-state index contributed by atoms with van der Waals surface area (Å²) in [5, 5.41) is 2.36. The molecule has 2 aromatic heterocycles. The minimum Gasteiger partial charge on any atom is -0.456 e. The molecule has 0 aliphatic carbocycles. The first kappa shape index (κ1) is 22.9. The predicted molar refractivity (Wildman–Crippen MR) is 104 cm³/mol. The number of fused-ring (bicyclic) bond motifs is 1. The van der Waals surface area contributed by atoms with Crippen molar-refractivity contribution in [3.63, 3.8) is 0 Å². The number of amides is 1. The number of anilines is 1. The Hall–Kier alpha value is -3.81. The Bertz CT molecular complexity index is 1120. The van der Waals surface area contributed by atoms with Gasteiger partial charge in [-0.1, -0.05) is 0 Å². The lowest BCUT2D eigenvalue weighted by atomic mass is 10.0. The first-order valence-corrected chi connectivity index (χ1v) is 9.44. The van der Waals surface area contributed by atoms with E-state index in [9.17, 15) is 24.0 Å². The van der Waals surface area contributed by atoms with Crippen LogP contribution in [-0.2, 0) is 38.1 Å². The molecule has 4 unspecified atom stereocenters. The van der Waals surface area contributed by atoms with E-state index >= 15 is 0 Å². The summed E-state index contributed by atoms with van der Waals surface area (Å²) in [4.78, 5) is 69.3. The van der Waals surface area contributed by atoms with Gasteiger partial charge in [0.2, 0.25) is 11.9 Å². The summed E-state index contributed by atoms with van der Waals surface area (Å²) in [7, 11) is 0. The lowest BCUT2D eigenvalue weighted by molar-refractivity contribution is -0.239. The summed E-state index contributed by atoms with van der Waals surface area (Å²) in [5.74, 6) is -2.69. The number of hydrogen-bond acceptors (Lipinski definition) is 11. The van der Waals surface area contributed by atoms with Gasteiger partial charge in [-0.25, -0.2) is 4.98 Å². The normalized spacial score (nSPS) is 22.8. The number of aromatic amines is 1. The van der Waals surface area contributed by atoms with E-state index in [1.54, 1.807) is 0 Å². The molecule has 172 valence electrons. The fourth-order valence-corrected chi connectivity index (χ4v) is 3.30. The lowest BCUT2D eigenvalue weighted by Crippen LogP contribution is -2.55. The summed E-state index contributed by atoms with van der Waals surface area (Å²) in [6, 6.07) is 0. The molecule has 2 N–H and O–H groups in total. The van der Waals surface area contributed by atoms with Crippen LogP contribution in [0.1, 0.15) is 33.9 Å². The van der Waals surface area contributed by atoms with E-state index < -0.39 is 53.9 Å². The van der Waals surface area contributed by atoms with Crippen LogP contribution in [-0.4, -0.2) is 68.3 Å². The van der Waals surface area contributed by atoms with Gasteiger partial charge < -0.3 is 18.9 Å². The molecule has 0 spiro atoms. The molecule has 14 heteroatoms. The van der Waals surface area contributed by atoms with Gasteiger partial charge in [-0.2, -0.15) is 4.98 Å². The molecule has 32 heavy (non-hydrogen) atoms. The molecule has 0 saturated carbocycles. The molecule has 3 heterocycles. The van der Waals surface area contributed by atoms with Crippen molar-refractivity contribution in [1.29, 1.82) is 0 Å². The monoisotopic (exact) mass is 451 g/mol. The number of esters is 3.